The molecule has 0 fully saturated rings. The van der Waals surface area contributed by atoms with E-state index in [9.17, 15) is 4.39 Å². The molecule has 0 aliphatic rings. The van der Waals surface area contributed by atoms with Crippen molar-refractivity contribution >= 4 is 17.4 Å². The number of hydrogen-bond donors (Lipinski definition) is 1. The lowest BCUT2D eigenvalue weighted by atomic mass is 10.1. The fourth-order valence-electron chi connectivity index (χ4n) is 1.90. The van der Waals surface area contributed by atoms with Gasteiger partial charge in [0.2, 0.25) is 0 Å². The Kier molecular flexibility index (Phi) is 3.12. The zero-order valence-corrected chi connectivity index (χ0v) is 10.9. The number of nitrogens with two attached hydrogens (primary N) is 1. The number of hydrogen-bond acceptors (Lipinski definition) is 4. The molecule has 2 heterocycles. The molecule has 100 valence electrons. The largest absolute Gasteiger partial charge is 0.380 e. The number of anilines is 1. The summed E-state index contributed by atoms with van der Waals surface area (Å²) in [5.41, 5.74) is 7.60. The highest BCUT2D eigenvalue weighted by molar-refractivity contribution is 6.31. The normalized spacial score (nSPS) is 10.7. The molecule has 0 radical (unpaired) electrons. The summed E-state index contributed by atoms with van der Waals surface area (Å²) in [4.78, 5) is 4.22. The van der Waals surface area contributed by atoms with Gasteiger partial charge in [0.25, 0.3) is 0 Å². The molecule has 6 heteroatoms. The van der Waals surface area contributed by atoms with E-state index < -0.39 is 5.82 Å². The van der Waals surface area contributed by atoms with Crippen molar-refractivity contribution in [3.8, 4) is 22.6 Å². The van der Waals surface area contributed by atoms with Crippen molar-refractivity contribution in [3.63, 3.8) is 0 Å². The van der Waals surface area contributed by atoms with Gasteiger partial charge in [-0.2, -0.15) is 0 Å². The average Bonchev–Trinajstić information content (AvgIpc) is 2.85. The van der Waals surface area contributed by atoms with Gasteiger partial charge in [-0.3, -0.25) is 4.98 Å². The van der Waals surface area contributed by atoms with Gasteiger partial charge >= 0.3 is 0 Å². The number of benzene rings is 1. The first kappa shape index (κ1) is 12.6. The first-order valence-corrected chi connectivity index (χ1v) is 6.16. The molecule has 0 aliphatic carbocycles. The van der Waals surface area contributed by atoms with Crippen LogP contribution in [0.2, 0.25) is 5.02 Å². The van der Waals surface area contributed by atoms with Crippen LogP contribution in [0.5, 0.6) is 0 Å². The summed E-state index contributed by atoms with van der Waals surface area (Å²) in [5.74, 6) is 0.129. The Labute approximate surface area is 119 Å². The highest BCUT2D eigenvalue weighted by Gasteiger charge is 2.19. The molecular formula is C14H9ClFN3O. The van der Waals surface area contributed by atoms with Crippen molar-refractivity contribution in [1.29, 1.82) is 0 Å². The summed E-state index contributed by atoms with van der Waals surface area (Å²) >= 11 is 5.78. The van der Waals surface area contributed by atoms with Crippen LogP contribution >= 0.6 is 11.6 Å². The summed E-state index contributed by atoms with van der Waals surface area (Å²) < 4.78 is 18.5. The number of rotatable bonds is 2. The number of halogens is 2. The first-order chi connectivity index (χ1) is 9.66. The van der Waals surface area contributed by atoms with Crippen LogP contribution < -0.4 is 5.73 Å². The van der Waals surface area contributed by atoms with Crippen molar-refractivity contribution in [1.82, 2.24) is 10.1 Å². The van der Waals surface area contributed by atoms with Crippen LogP contribution in [-0.2, 0) is 0 Å². The molecule has 0 atom stereocenters. The van der Waals surface area contributed by atoms with Gasteiger partial charge in [-0.1, -0.05) is 22.8 Å². The van der Waals surface area contributed by atoms with E-state index in [0.29, 0.717) is 22.6 Å². The summed E-state index contributed by atoms with van der Waals surface area (Å²) in [6, 6.07) is 9.69. The molecule has 2 aromatic heterocycles. The third-order valence-corrected chi connectivity index (χ3v) is 3.11. The van der Waals surface area contributed by atoms with E-state index in [1.807, 2.05) is 6.07 Å². The minimum absolute atomic E-state index is 0.00411. The number of nitrogens with zero attached hydrogens (tertiary/aromatic N) is 2. The van der Waals surface area contributed by atoms with Crippen molar-refractivity contribution < 1.29 is 8.91 Å². The molecule has 0 unspecified atom stereocenters. The van der Waals surface area contributed by atoms with E-state index in [1.54, 1.807) is 24.4 Å². The zero-order valence-electron chi connectivity index (χ0n) is 10.2. The van der Waals surface area contributed by atoms with E-state index in [0.717, 1.165) is 0 Å². The zero-order chi connectivity index (χ0) is 14.1. The lowest BCUT2D eigenvalue weighted by molar-refractivity contribution is 0.436. The molecule has 2 N–H and O–H groups in total. The Morgan fingerprint density at radius 2 is 2.05 bits per heavy atom. The van der Waals surface area contributed by atoms with E-state index in [2.05, 4.69) is 10.1 Å². The maximum Gasteiger partial charge on any atom is 0.178 e. The topological polar surface area (TPSA) is 64.9 Å². The number of aromatic nitrogens is 2. The predicted molar refractivity (Wildman–Crippen MR) is 74.6 cm³/mol. The van der Waals surface area contributed by atoms with Gasteiger partial charge in [-0.15, -0.1) is 0 Å². The number of pyridine rings is 1. The maximum absolute atomic E-state index is 13.2. The smallest absolute Gasteiger partial charge is 0.178 e. The van der Waals surface area contributed by atoms with Gasteiger partial charge in [0, 0.05) is 11.8 Å². The molecule has 20 heavy (non-hydrogen) atoms. The minimum Gasteiger partial charge on any atom is -0.380 e. The van der Waals surface area contributed by atoms with Gasteiger partial charge in [0.1, 0.15) is 5.82 Å². The van der Waals surface area contributed by atoms with E-state index in [4.69, 9.17) is 21.9 Å². The Morgan fingerprint density at radius 3 is 2.75 bits per heavy atom. The quantitative estimate of drug-likeness (QED) is 0.780. The molecular weight excluding hydrogens is 281 g/mol. The second-order valence-electron chi connectivity index (χ2n) is 4.12. The van der Waals surface area contributed by atoms with E-state index in [1.165, 1.54) is 12.1 Å². The predicted octanol–water partition coefficient (Wildman–Crippen LogP) is 3.78. The van der Waals surface area contributed by atoms with Gasteiger partial charge in [0.05, 0.1) is 16.3 Å². The second kappa shape index (κ2) is 4.94. The minimum atomic E-state index is -0.498. The van der Waals surface area contributed by atoms with Crippen LogP contribution in [0, 0.1) is 5.82 Å². The molecule has 0 saturated heterocycles. The molecule has 3 rings (SSSR count). The summed E-state index contributed by atoms with van der Waals surface area (Å²) in [6.45, 7) is 0. The van der Waals surface area contributed by atoms with Gasteiger partial charge < -0.3 is 10.3 Å². The number of nitrogen functional groups attached to an aromatic ring is 1. The van der Waals surface area contributed by atoms with Crippen molar-refractivity contribution in [2.45, 2.75) is 0 Å². The van der Waals surface area contributed by atoms with E-state index in [-0.39, 0.29) is 10.8 Å². The van der Waals surface area contributed by atoms with Gasteiger partial charge in [0.15, 0.2) is 11.6 Å². The lowest BCUT2D eigenvalue weighted by Crippen LogP contribution is -1.91. The van der Waals surface area contributed by atoms with Crippen LogP contribution in [-0.4, -0.2) is 10.1 Å². The monoisotopic (exact) mass is 289 g/mol. The first-order valence-electron chi connectivity index (χ1n) is 5.79. The van der Waals surface area contributed by atoms with Gasteiger partial charge in [-0.25, -0.2) is 4.39 Å². The SMILES string of the molecule is Nc1noc(-c2ccc(F)c(Cl)c2)c1-c1ccccn1. The van der Waals surface area contributed by atoms with Gasteiger partial charge in [-0.05, 0) is 30.3 Å². The van der Waals surface area contributed by atoms with Crippen LogP contribution in [0.1, 0.15) is 0 Å². The van der Waals surface area contributed by atoms with Crippen LogP contribution in [0.4, 0.5) is 10.2 Å². The summed E-state index contributed by atoms with van der Waals surface area (Å²) in [6.07, 6.45) is 1.64. The third kappa shape index (κ3) is 2.12. The molecule has 1 aromatic carbocycles. The van der Waals surface area contributed by atoms with Crippen molar-refractivity contribution in [2.75, 3.05) is 5.73 Å². The molecule has 0 aliphatic heterocycles. The van der Waals surface area contributed by atoms with Crippen LogP contribution in [0.3, 0.4) is 0 Å². The summed E-state index contributed by atoms with van der Waals surface area (Å²) in [5, 5.41) is 3.75. The second-order valence-corrected chi connectivity index (χ2v) is 4.52. The highest BCUT2D eigenvalue weighted by Crippen LogP contribution is 2.36. The highest BCUT2D eigenvalue weighted by atomic mass is 35.5. The Hall–Kier alpha value is -2.40. The fraction of sp³-hybridized carbons (Fsp3) is 0. The molecule has 0 amide bonds. The van der Waals surface area contributed by atoms with Crippen molar-refractivity contribution in [2.24, 2.45) is 0 Å². The Balaban J connectivity index is 2.18. The van der Waals surface area contributed by atoms with Crippen LogP contribution in [0.25, 0.3) is 22.6 Å². The molecule has 0 spiro atoms. The van der Waals surface area contributed by atoms with Crippen molar-refractivity contribution in [3.05, 3.63) is 53.4 Å². The fourth-order valence-corrected chi connectivity index (χ4v) is 2.08. The molecule has 4 nitrogen and oxygen atoms in total. The Bertz CT molecular complexity index is 758. The molecule has 0 saturated carbocycles. The van der Waals surface area contributed by atoms with Crippen LogP contribution in [0.15, 0.2) is 47.1 Å². The molecule has 3 aromatic rings. The van der Waals surface area contributed by atoms with E-state index >= 15 is 0 Å². The third-order valence-electron chi connectivity index (χ3n) is 2.82. The lowest BCUT2D eigenvalue weighted by Gasteiger charge is -2.02. The average molecular weight is 290 g/mol. The maximum atomic E-state index is 13.2. The standard InChI is InChI=1S/C14H9ClFN3O/c15-9-7-8(4-5-10(9)16)13-12(14(17)19-20-13)11-3-1-2-6-18-11/h1-7H,(H2,17,19). The summed E-state index contributed by atoms with van der Waals surface area (Å²) in [7, 11) is 0. The molecule has 0 bridgehead atoms. The Morgan fingerprint density at radius 1 is 1.20 bits per heavy atom.